The first-order chi connectivity index (χ1) is 5.77. The Morgan fingerprint density at radius 2 is 2.50 bits per heavy atom. The van der Waals surface area contributed by atoms with Gasteiger partial charge in [-0.25, -0.2) is 0 Å². The van der Waals surface area contributed by atoms with Gasteiger partial charge in [0.15, 0.2) is 0 Å². The SMILES string of the molecule is C=C(CC)C1=C/C(=C/C)CN=C1. The molecule has 1 rings (SSSR count). The van der Waals surface area contributed by atoms with Crippen LogP contribution in [0.2, 0.25) is 0 Å². The van der Waals surface area contributed by atoms with Gasteiger partial charge >= 0.3 is 0 Å². The van der Waals surface area contributed by atoms with E-state index < -0.39 is 0 Å². The van der Waals surface area contributed by atoms with Crippen LogP contribution in [0.5, 0.6) is 0 Å². The lowest BCUT2D eigenvalue weighted by molar-refractivity contribution is 1.11. The fraction of sp³-hybridized carbons (Fsp3) is 0.364. The smallest absolute Gasteiger partial charge is 0.0637 e. The van der Waals surface area contributed by atoms with E-state index in [4.69, 9.17) is 0 Å². The minimum absolute atomic E-state index is 0.816. The minimum Gasteiger partial charge on any atom is -0.288 e. The van der Waals surface area contributed by atoms with E-state index in [0.29, 0.717) is 0 Å². The van der Waals surface area contributed by atoms with Crippen molar-refractivity contribution >= 4 is 6.21 Å². The van der Waals surface area contributed by atoms with E-state index in [1.54, 1.807) is 0 Å². The maximum absolute atomic E-state index is 4.26. The van der Waals surface area contributed by atoms with Gasteiger partial charge in [0.25, 0.3) is 0 Å². The summed E-state index contributed by atoms with van der Waals surface area (Å²) in [5.74, 6) is 0. The van der Waals surface area contributed by atoms with Crippen LogP contribution in [0.4, 0.5) is 0 Å². The second-order valence-corrected chi connectivity index (χ2v) is 2.89. The van der Waals surface area contributed by atoms with Crippen molar-refractivity contribution in [3.05, 3.63) is 35.5 Å². The molecule has 0 atom stereocenters. The summed E-state index contributed by atoms with van der Waals surface area (Å²) in [6, 6.07) is 0. The molecule has 0 aromatic heterocycles. The minimum atomic E-state index is 0.816. The fourth-order valence-electron chi connectivity index (χ4n) is 1.10. The standard InChI is InChI=1S/C11H15N/c1-4-9(3)11-6-10(5-2)7-12-8-11/h5-6,8H,3-4,7H2,1-2H3/b10-5-. The van der Waals surface area contributed by atoms with Crippen molar-refractivity contribution in [2.75, 3.05) is 6.54 Å². The monoisotopic (exact) mass is 161 g/mol. The zero-order chi connectivity index (χ0) is 8.97. The average Bonchev–Trinajstić information content (AvgIpc) is 2.17. The van der Waals surface area contributed by atoms with Crippen molar-refractivity contribution in [1.82, 2.24) is 0 Å². The molecule has 0 amide bonds. The maximum Gasteiger partial charge on any atom is 0.0637 e. The molecule has 0 spiro atoms. The topological polar surface area (TPSA) is 12.4 Å². The summed E-state index contributed by atoms with van der Waals surface area (Å²) in [6.07, 6.45) is 7.17. The van der Waals surface area contributed by atoms with Crippen LogP contribution >= 0.6 is 0 Å². The van der Waals surface area contributed by atoms with Crippen LogP contribution < -0.4 is 0 Å². The van der Waals surface area contributed by atoms with Gasteiger partial charge in [-0.05, 0) is 36.1 Å². The Morgan fingerprint density at radius 1 is 1.75 bits per heavy atom. The van der Waals surface area contributed by atoms with Gasteiger partial charge in [0.05, 0.1) is 6.54 Å². The van der Waals surface area contributed by atoms with E-state index in [0.717, 1.165) is 18.5 Å². The van der Waals surface area contributed by atoms with Crippen LogP contribution in [-0.4, -0.2) is 12.8 Å². The molecule has 0 unspecified atom stereocenters. The van der Waals surface area contributed by atoms with E-state index in [1.165, 1.54) is 11.1 Å². The number of allylic oxidation sites excluding steroid dienone is 3. The highest BCUT2D eigenvalue weighted by Gasteiger charge is 2.03. The molecule has 1 aliphatic rings. The molecule has 0 saturated carbocycles. The lowest BCUT2D eigenvalue weighted by atomic mass is 10.0. The van der Waals surface area contributed by atoms with Crippen molar-refractivity contribution < 1.29 is 0 Å². The number of rotatable bonds is 2. The van der Waals surface area contributed by atoms with Crippen molar-refractivity contribution in [2.45, 2.75) is 20.3 Å². The molecular weight excluding hydrogens is 146 g/mol. The number of aliphatic imine (C=N–C) groups is 1. The van der Waals surface area contributed by atoms with Crippen molar-refractivity contribution in [3.63, 3.8) is 0 Å². The maximum atomic E-state index is 4.26. The average molecular weight is 161 g/mol. The Bertz CT molecular complexity index is 267. The molecule has 1 nitrogen and oxygen atoms in total. The van der Waals surface area contributed by atoms with Crippen molar-refractivity contribution in [3.8, 4) is 0 Å². The third kappa shape index (κ3) is 1.94. The van der Waals surface area contributed by atoms with Gasteiger partial charge in [0.1, 0.15) is 0 Å². The molecule has 0 bridgehead atoms. The van der Waals surface area contributed by atoms with Gasteiger partial charge in [0, 0.05) is 6.21 Å². The zero-order valence-electron chi connectivity index (χ0n) is 7.80. The molecule has 12 heavy (non-hydrogen) atoms. The molecule has 0 radical (unpaired) electrons. The van der Waals surface area contributed by atoms with Crippen LogP contribution in [0.3, 0.4) is 0 Å². The molecule has 0 N–H and O–H groups in total. The van der Waals surface area contributed by atoms with E-state index in [-0.39, 0.29) is 0 Å². The molecule has 0 aromatic carbocycles. The van der Waals surface area contributed by atoms with Crippen LogP contribution in [0, 0.1) is 0 Å². The first kappa shape index (κ1) is 8.98. The van der Waals surface area contributed by atoms with Crippen LogP contribution in [0.15, 0.2) is 40.4 Å². The highest BCUT2D eigenvalue weighted by atomic mass is 14.7. The van der Waals surface area contributed by atoms with Gasteiger partial charge in [-0.1, -0.05) is 19.6 Å². The summed E-state index contributed by atoms with van der Waals surface area (Å²) < 4.78 is 0. The highest BCUT2D eigenvalue weighted by Crippen LogP contribution is 2.15. The van der Waals surface area contributed by atoms with E-state index in [9.17, 15) is 0 Å². The normalized spacial score (nSPS) is 19.5. The molecule has 0 saturated heterocycles. The van der Waals surface area contributed by atoms with E-state index >= 15 is 0 Å². The van der Waals surface area contributed by atoms with Crippen LogP contribution in [0.1, 0.15) is 20.3 Å². The Hall–Kier alpha value is -1.11. The molecule has 1 aliphatic heterocycles. The molecule has 0 aromatic rings. The zero-order valence-corrected chi connectivity index (χ0v) is 7.80. The summed E-state index contributed by atoms with van der Waals surface area (Å²) in [7, 11) is 0. The van der Waals surface area contributed by atoms with Crippen molar-refractivity contribution in [2.24, 2.45) is 4.99 Å². The number of dihydropyridines is 1. The van der Waals surface area contributed by atoms with Crippen LogP contribution in [-0.2, 0) is 0 Å². The summed E-state index contributed by atoms with van der Waals surface area (Å²) in [5.41, 5.74) is 3.62. The third-order valence-corrected chi connectivity index (χ3v) is 2.05. The second kappa shape index (κ2) is 4.05. The molecule has 64 valence electrons. The first-order valence-corrected chi connectivity index (χ1v) is 4.32. The molecule has 1 heteroatoms. The predicted octanol–water partition coefficient (Wildman–Crippen LogP) is 2.91. The summed E-state index contributed by atoms with van der Waals surface area (Å²) >= 11 is 0. The summed E-state index contributed by atoms with van der Waals surface area (Å²) in [4.78, 5) is 4.26. The molecule has 0 fully saturated rings. The first-order valence-electron chi connectivity index (χ1n) is 4.32. The van der Waals surface area contributed by atoms with Gasteiger partial charge in [-0.3, -0.25) is 4.99 Å². The lowest BCUT2D eigenvalue weighted by Gasteiger charge is -2.09. The van der Waals surface area contributed by atoms with Crippen LogP contribution in [0.25, 0.3) is 0 Å². The van der Waals surface area contributed by atoms with Crippen molar-refractivity contribution in [1.29, 1.82) is 0 Å². The van der Waals surface area contributed by atoms with E-state index in [1.807, 2.05) is 13.1 Å². The molecule has 0 aliphatic carbocycles. The Kier molecular flexibility index (Phi) is 3.03. The van der Waals surface area contributed by atoms with Gasteiger partial charge in [-0.15, -0.1) is 0 Å². The number of nitrogens with zero attached hydrogens (tertiary/aromatic N) is 1. The largest absolute Gasteiger partial charge is 0.288 e. The van der Waals surface area contributed by atoms with Gasteiger partial charge < -0.3 is 0 Å². The Balaban J connectivity index is 2.84. The second-order valence-electron chi connectivity index (χ2n) is 2.89. The van der Waals surface area contributed by atoms with E-state index in [2.05, 4.69) is 30.6 Å². The fourth-order valence-corrected chi connectivity index (χ4v) is 1.10. The Morgan fingerprint density at radius 3 is 3.08 bits per heavy atom. The predicted molar refractivity (Wildman–Crippen MR) is 54.6 cm³/mol. The highest BCUT2D eigenvalue weighted by molar-refractivity contribution is 5.86. The quantitative estimate of drug-likeness (QED) is 0.590. The molecular formula is C11H15N. The summed E-state index contributed by atoms with van der Waals surface area (Å²) in [5, 5.41) is 0. The van der Waals surface area contributed by atoms with Gasteiger partial charge in [0.2, 0.25) is 0 Å². The number of hydrogen-bond acceptors (Lipinski definition) is 1. The third-order valence-electron chi connectivity index (χ3n) is 2.05. The molecule has 1 heterocycles. The summed E-state index contributed by atoms with van der Waals surface area (Å²) in [6.45, 7) is 8.95. The Labute approximate surface area is 74.2 Å². The van der Waals surface area contributed by atoms with Gasteiger partial charge in [-0.2, -0.15) is 0 Å². The number of hydrogen-bond donors (Lipinski definition) is 0. The lowest BCUT2D eigenvalue weighted by Crippen LogP contribution is -1.99.